The summed E-state index contributed by atoms with van der Waals surface area (Å²) in [4.78, 5) is 0. The summed E-state index contributed by atoms with van der Waals surface area (Å²) in [6.45, 7) is 2.96. The van der Waals surface area contributed by atoms with Gasteiger partial charge >= 0.3 is 0 Å². The van der Waals surface area contributed by atoms with E-state index in [1.54, 1.807) is 0 Å². The molecule has 0 aromatic heterocycles. The molecule has 0 unspecified atom stereocenters. The molecule has 0 aliphatic carbocycles. The summed E-state index contributed by atoms with van der Waals surface area (Å²) in [7, 11) is 0. The predicted octanol–water partition coefficient (Wildman–Crippen LogP) is 1.07. The van der Waals surface area contributed by atoms with Crippen LogP contribution in [-0.2, 0) is 6.54 Å². The van der Waals surface area contributed by atoms with Crippen molar-refractivity contribution in [3.8, 4) is 0 Å². The molecule has 3 nitrogen and oxygen atoms in total. The third kappa shape index (κ3) is 1.79. The van der Waals surface area contributed by atoms with Gasteiger partial charge in [-0.05, 0) is 6.08 Å². The molecule has 3 heteroatoms. The molecule has 96 valence electrons. The Morgan fingerprint density at radius 2 is 2.00 bits per heavy atom. The van der Waals surface area contributed by atoms with E-state index in [1.165, 1.54) is 5.56 Å². The molecule has 2 N–H and O–H groups in total. The van der Waals surface area contributed by atoms with Gasteiger partial charge in [-0.15, -0.1) is 0 Å². The van der Waals surface area contributed by atoms with Crippen LogP contribution >= 0.6 is 0 Å². The first-order valence-corrected chi connectivity index (χ1v) is 6.63. The van der Waals surface area contributed by atoms with E-state index in [9.17, 15) is 10.2 Å². The zero-order valence-corrected chi connectivity index (χ0v) is 10.5. The topological polar surface area (TPSA) is 40.5 Å². The van der Waals surface area contributed by atoms with Crippen molar-refractivity contribution in [2.45, 2.75) is 25.1 Å². The normalized spacial score (nSPS) is 34.4. The van der Waals surface area contributed by atoms with Crippen LogP contribution in [0.2, 0.25) is 0 Å². The number of rotatable bonds is 3. The van der Waals surface area contributed by atoms with Gasteiger partial charge in [0.15, 0.2) is 0 Å². The third-order valence-electron chi connectivity index (χ3n) is 4.44. The maximum atomic E-state index is 10.2. The van der Waals surface area contributed by atoms with Crippen molar-refractivity contribution in [3.63, 3.8) is 0 Å². The van der Waals surface area contributed by atoms with Crippen LogP contribution in [0.1, 0.15) is 12.0 Å². The molecule has 0 spiro atoms. The molecule has 0 saturated carbocycles. The lowest BCUT2D eigenvalue weighted by atomic mass is 10.0. The average Bonchev–Trinajstić information content (AvgIpc) is 2.90. The minimum atomic E-state index is -0.297. The van der Waals surface area contributed by atoms with Gasteiger partial charge < -0.3 is 14.7 Å². The van der Waals surface area contributed by atoms with Crippen LogP contribution in [-0.4, -0.2) is 46.5 Å². The monoisotopic (exact) mass is 246 g/mol. The molecule has 2 aliphatic rings. The fourth-order valence-corrected chi connectivity index (χ4v) is 3.62. The Balaban J connectivity index is 1.87. The average molecular weight is 246 g/mol. The summed E-state index contributed by atoms with van der Waals surface area (Å²) >= 11 is 0. The Labute approximate surface area is 108 Å². The van der Waals surface area contributed by atoms with Crippen molar-refractivity contribution < 1.29 is 14.7 Å². The van der Waals surface area contributed by atoms with E-state index in [2.05, 4.69) is 30.3 Å². The zero-order valence-electron chi connectivity index (χ0n) is 10.5. The Hall–Kier alpha value is -1.16. The highest BCUT2D eigenvalue weighted by Gasteiger charge is 2.51. The second kappa shape index (κ2) is 4.50. The Bertz CT molecular complexity index is 457. The Kier molecular flexibility index (Phi) is 2.98. The molecule has 3 atom stereocenters. The summed E-state index contributed by atoms with van der Waals surface area (Å²) in [5.74, 6) is 0. The summed E-state index contributed by atoms with van der Waals surface area (Å²) in [6.07, 6.45) is 2.67. The van der Waals surface area contributed by atoms with Crippen molar-refractivity contribution >= 4 is 0 Å². The van der Waals surface area contributed by atoms with E-state index in [-0.39, 0.29) is 18.8 Å². The van der Waals surface area contributed by atoms with Crippen LogP contribution in [0.25, 0.3) is 0 Å². The first kappa shape index (κ1) is 11.9. The van der Waals surface area contributed by atoms with Crippen molar-refractivity contribution in [1.29, 1.82) is 0 Å². The van der Waals surface area contributed by atoms with Crippen molar-refractivity contribution in [2.24, 2.45) is 0 Å². The van der Waals surface area contributed by atoms with Gasteiger partial charge in [-0.3, -0.25) is 0 Å². The molecule has 0 radical (unpaired) electrons. The SMILES string of the molecule is OCC1=CC[N@+]2(Cc3ccccc3)CC[C@@H](O)[C@H]12. The molecule has 1 fully saturated rings. The maximum absolute atomic E-state index is 10.2. The first-order chi connectivity index (χ1) is 8.75. The molecule has 2 heterocycles. The molecule has 0 amide bonds. The van der Waals surface area contributed by atoms with E-state index >= 15 is 0 Å². The van der Waals surface area contributed by atoms with Gasteiger partial charge in [0, 0.05) is 17.6 Å². The maximum Gasteiger partial charge on any atom is 0.140 e. The third-order valence-corrected chi connectivity index (χ3v) is 4.44. The quantitative estimate of drug-likeness (QED) is 0.618. The number of benzene rings is 1. The first-order valence-electron chi connectivity index (χ1n) is 6.63. The van der Waals surface area contributed by atoms with Gasteiger partial charge in [0.1, 0.15) is 18.7 Å². The zero-order chi connectivity index (χ0) is 12.6. The van der Waals surface area contributed by atoms with Gasteiger partial charge in [-0.2, -0.15) is 0 Å². The molecule has 1 saturated heterocycles. The number of aliphatic hydroxyl groups is 2. The lowest BCUT2D eigenvalue weighted by Crippen LogP contribution is -2.51. The molecule has 1 aromatic rings. The number of quaternary nitrogens is 1. The van der Waals surface area contributed by atoms with Crippen molar-refractivity contribution in [2.75, 3.05) is 19.7 Å². The largest absolute Gasteiger partial charge is 0.392 e. The summed E-state index contributed by atoms with van der Waals surface area (Å²) in [5.41, 5.74) is 2.33. The van der Waals surface area contributed by atoms with Gasteiger partial charge in [0.25, 0.3) is 0 Å². The number of hydrogen-bond donors (Lipinski definition) is 2. The lowest BCUT2D eigenvalue weighted by Gasteiger charge is -2.36. The number of fused-ring (bicyclic) bond motifs is 1. The molecule has 0 bridgehead atoms. The molecular weight excluding hydrogens is 226 g/mol. The highest BCUT2D eigenvalue weighted by atomic mass is 16.3. The van der Waals surface area contributed by atoms with Gasteiger partial charge in [-0.25, -0.2) is 0 Å². The molecule has 2 aliphatic heterocycles. The lowest BCUT2D eigenvalue weighted by molar-refractivity contribution is -0.938. The van der Waals surface area contributed by atoms with Crippen LogP contribution < -0.4 is 0 Å². The molecule has 3 rings (SSSR count). The molecule has 18 heavy (non-hydrogen) atoms. The van der Waals surface area contributed by atoms with E-state index in [1.807, 2.05) is 6.07 Å². The minimum absolute atomic E-state index is 0.0799. The van der Waals surface area contributed by atoms with E-state index in [4.69, 9.17) is 0 Å². The standard InChI is InChI=1S/C15H20NO2/c17-11-13-6-8-16(9-7-14(18)15(13)16)10-12-4-2-1-3-5-12/h1-6,14-15,17-18H,7-11H2/q+1/t14-,15+,16-/m1/s1. The van der Waals surface area contributed by atoms with Crippen LogP contribution in [0, 0.1) is 0 Å². The Morgan fingerprint density at radius 1 is 1.22 bits per heavy atom. The summed E-state index contributed by atoms with van der Waals surface area (Å²) in [5, 5.41) is 19.6. The Morgan fingerprint density at radius 3 is 2.72 bits per heavy atom. The summed E-state index contributed by atoms with van der Waals surface area (Å²) < 4.78 is 0.890. The second-order valence-electron chi connectivity index (χ2n) is 5.51. The molecule has 1 aromatic carbocycles. The minimum Gasteiger partial charge on any atom is -0.392 e. The van der Waals surface area contributed by atoms with Crippen molar-refractivity contribution in [1.82, 2.24) is 0 Å². The van der Waals surface area contributed by atoms with Crippen LogP contribution in [0.3, 0.4) is 0 Å². The van der Waals surface area contributed by atoms with Crippen LogP contribution in [0.15, 0.2) is 42.0 Å². The highest BCUT2D eigenvalue weighted by molar-refractivity contribution is 5.20. The van der Waals surface area contributed by atoms with Gasteiger partial charge in [0.2, 0.25) is 0 Å². The number of nitrogens with zero attached hydrogens (tertiary/aromatic N) is 1. The fourth-order valence-electron chi connectivity index (χ4n) is 3.62. The second-order valence-corrected chi connectivity index (χ2v) is 5.51. The smallest absolute Gasteiger partial charge is 0.140 e. The predicted molar refractivity (Wildman–Crippen MR) is 69.7 cm³/mol. The van der Waals surface area contributed by atoms with Crippen LogP contribution in [0.5, 0.6) is 0 Å². The fraction of sp³-hybridized carbons (Fsp3) is 0.467. The number of hydrogen-bond acceptors (Lipinski definition) is 2. The van der Waals surface area contributed by atoms with E-state index < -0.39 is 0 Å². The van der Waals surface area contributed by atoms with E-state index in [0.717, 1.165) is 36.1 Å². The summed E-state index contributed by atoms with van der Waals surface area (Å²) in [6, 6.07) is 10.5. The number of aliphatic hydroxyl groups excluding tert-OH is 2. The molecular formula is C15H20NO2+. The highest BCUT2D eigenvalue weighted by Crippen LogP contribution is 2.38. The van der Waals surface area contributed by atoms with Gasteiger partial charge in [0.05, 0.1) is 19.7 Å². The van der Waals surface area contributed by atoms with Crippen LogP contribution in [0.4, 0.5) is 0 Å². The van der Waals surface area contributed by atoms with E-state index in [0.29, 0.717) is 0 Å². The van der Waals surface area contributed by atoms with Crippen molar-refractivity contribution in [3.05, 3.63) is 47.5 Å². The van der Waals surface area contributed by atoms with Gasteiger partial charge in [-0.1, -0.05) is 30.3 Å².